The minimum atomic E-state index is -0.569. The van der Waals surface area contributed by atoms with E-state index in [1.54, 1.807) is 40.6 Å². The van der Waals surface area contributed by atoms with Crippen molar-refractivity contribution in [3.05, 3.63) is 48.0 Å². The van der Waals surface area contributed by atoms with Crippen molar-refractivity contribution in [2.24, 2.45) is 0 Å². The molecule has 2 aliphatic rings. The van der Waals surface area contributed by atoms with Crippen LogP contribution in [0.4, 0.5) is 10.5 Å². The van der Waals surface area contributed by atoms with Crippen molar-refractivity contribution in [3.63, 3.8) is 0 Å². The molecule has 2 aromatic carbocycles. The maximum Gasteiger partial charge on any atom is 0.332 e. The average molecular weight is 472 g/mol. The Hall–Kier alpha value is -2.65. The number of rotatable bonds is 6. The number of amides is 4. The van der Waals surface area contributed by atoms with Gasteiger partial charge in [-0.3, -0.25) is 9.59 Å². The highest BCUT2D eigenvalue weighted by Crippen LogP contribution is 2.33. The van der Waals surface area contributed by atoms with Gasteiger partial charge < -0.3 is 15.0 Å². The van der Waals surface area contributed by atoms with Gasteiger partial charge in [-0.1, -0.05) is 6.07 Å². The molecule has 2 aliphatic heterocycles. The summed E-state index contributed by atoms with van der Waals surface area (Å²) < 4.78 is 5.39. The number of methoxy groups -OCH3 is 1. The lowest BCUT2D eigenvalue weighted by atomic mass is 9.97. The van der Waals surface area contributed by atoms with Gasteiger partial charge in [-0.15, -0.1) is 23.5 Å². The highest BCUT2D eigenvalue weighted by Gasteiger charge is 2.48. The molecular formula is C23H25N3O4S2. The molecule has 0 unspecified atom stereocenters. The molecule has 168 valence electrons. The molecule has 0 saturated carbocycles. The van der Waals surface area contributed by atoms with Gasteiger partial charge in [0.05, 0.1) is 18.4 Å². The number of piperidine rings is 1. The number of hydrogen-bond acceptors (Lipinski definition) is 6. The van der Waals surface area contributed by atoms with Crippen LogP contribution < -0.4 is 15.0 Å². The highest BCUT2D eigenvalue weighted by atomic mass is 32.2. The van der Waals surface area contributed by atoms with Crippen molar-refractivity contribution in [2.45, 2.75) is 34.7 Å². The topological polar surface area (TPSA) is 79.0 Å². The zero-order valence-electron chi connectivity index (χ0n) is 18.2. The van der Waals surface area contributed by atoms with Crippen LogP contribution in [0.15, 0.2) is 52.3 Å². The number of nitrogens with zero attached hydrogens (tertiary/aromatic N) is 2. The molecule has 0 aliphatic carbocycles. The normalized spacial score (nSPS) is 20.3. The second kappa shape index (κ2) is 9.46. The van der Waals surface area contributed by atoms with Crippen LogP contribution in [0.1, 0.15) is 23.2 Å². The molecule has 0 radical (unpaired) electrons. The monoisotopic (exact) mass is 471 g/mol. The molecule has 2 heterocycles. The van der Waals surface area contributed by atoms with Gasteiger partial charge in [-0.2, -0.15) is 0 Å². The first-order chi connectivity index (χ1) is 15.5. The van der Waals surface area contributed by atoms with E-state index < -0.39 is 6.04 Å². The number of thioether (sulfide) groups is 2. The maximum absolute atomic E-state index is 13.1. The highest BCUT2D eigenvalue weighted by molar-refractivity contribution is 7.98. The second-order valence-electron chi connectivity index (χ2n) is 7.63. The maximum atomic E-state index is 13.1. The summed E-state index contributed by atoms with van der Waals surface area (Å²) in [5.41, 5.74) is 1.04. The van der Waals surface area contributed by atoms with Gasteiger partial charge >= 0.3 is 6.03 Å². The third-order valence-electron chi connectivity index (χ3n) is 5.84. The first kappa shape index (κ1) is 22.5. The first-order valence-electron chi connectivity index (χ1n) is 10.3. The van der Waals surface area contributed by atoms with Crippen LogP contribution in [0, 0.1) is 0 Å². The lowest BCUT2D eigenvalue weighted by Gasteiger charge is -2.32. The van der Waals surface area contributed by atoms with Crippen molar-refractivity contribution < 1.29 is 19.1 Å². The number of anilines is 1. The van der Waals surface area contributed by atoms with E-state index >= 15 is 0 Å². The summed E-state index contributed by atoms with van der Waals surface area (Å²) in [5.74, 6) is 0.0297. The molecule has 4 rings (SSSR count). The zero-order valence-corrected chi connectivity index (χ0v) is 19.8. The molecule has 2 aromatic rings. The van der Waals surface area contributed by atoms with E-state index in [0.717, 1.165) is 9.79 Å². The van der Waals surface area contributed by atoms with E-state index in [1.165, 1.54) is 12.0 Å². The third-order valence-corrected chi connectivity index (χ3v) is 7.30. The van der Waals surface area contributed by atoms with Crippen molar-refractivity contribution in [3.8, 4) is 5.75 Å². The number of benzene rings is 2. The number of fused-ring (bicyclic) bond motifs is 1. The van der Waals surface area contributed by atoms with Crippen LogP contribution in [-0.4, -0.2) is 61.0 Å². The Morgan fingerprint density at radius 1 is 1.09 bits per heavy atom. The van der Waals surface area contributed by atoms with Gasteiger partial charge in [0.15, 0.2) is 0 Å². The Bertz CT molecular complexity index is 1060. The lowest BCUT2D eigenvalue weighted by Crippen LogP contribution is -2.49. The predicted molar refractivity (Wildman–Crippen MR) is 127 cm³/mol. The Balaban J connectivity index is 1.48. The Kier molecular flexibility index (Phi) is 6.66. The van der Waals surface area contributed by atoms with Crippen LogP contribution in [-0.2, 0) is 4.79 Å². The van der Waals surface area contributed by atoms with E-state index in [0.29, 0.717) is 36.4 Å². The van der Waals surface area contributed by atoms with Gasteiger partial charge in [-0.25, -0.2) is 9.69 Å². The van der Waals surface area contributed by atoms with Crippen molar-refractivity contribution >= 4 is 47.1 Å². The van der Waals surface area contributed by atoms with Crippen LogP contribution in [0.25, 0.3) is 0 Å². The summed E-state index contributed by atoms with van der Waals surface area (Å²) in [7, 11) is 1.54. The number of nitrogens with one attached hydrogen (secondary N) is 1. The fourth-order valence-corrected chi connectivity index (χ4v) is 5.05. The van der Waals surface area contributed by atoms with Crippen LogP contribution >= 0.6 is 23.5 Å². The summed E-state index contributed by atoms with van der Waals surface area (Å²) in [5, 5.41) is 3.03. The third kappa shape index (κ3) is 4.19. The lowest BCUT2D eigenvalue weighted by molar-refractivity contribution is -0.120. The van der Waals surface area contributed by atoms with Crippen LogP contribution in [0.2, 0.25) is 0 Å². The first-order valence-corrected chi connectivity index (χ1v) is 12.7. The minimum Gasteiger partial charge on any atom is -0.496 e. The minimum absolute atomic E-state index is 0.206. The molecule has 2 saturated heterocycles. The summed E-state index contributed by atoms with van der Waals surface area (Å²) in [6.45, 7) is 0.418. The van der Waals surface area contributed by atoms with E-state index in [4.69, 9.17) is 4.74 Å². The van der Waals surface area contributed by atoms with Crippen molar-refractivity contribution in [1.29, 1.82) is 0 Å². The number of urea groups is 1. The summed E-state index contributed by atoms with van der Waals surface area (Å²) in [6.07, 6.45) is 4.89. The Morgan fingerprint density at radius 3 is 2.56 bits per heavy atom. The quantitative estimate of drug-likeness (QED) is 0.509. The molecule has 1 N–H and O–H groups in total. The Labute approximate surface area is 195 Å². The predicted octanol–water partition coefficient (Wildman–Crippen LogP) is 3.87. The SMILES string of the molecule is COc1cc(SC)ccc1C(=O)N[C@H]1CCN2C(=O)N(c3cccc(SC)c3)C(=O)[C@@H]2C1. The molecule has 2 fully saturated rings. The van der Waals surface area contributed by atoms with Gasteiger partial charge in [-0.05, 0) is 61.8 Å². The number of carbonyl (C=O) groups is 3. The van der Waals surface area contributed by atoms with Gasteiger partial charge in [0.2, 0.25) is 0 Å². The molecule has 4 amide bonds. The standard InChI is InChI=1S/C23H25N3O4S2/c1-30-20-13-17(32-3)7-8-18(20)21(27)24-14-9-10-25-19(11-14)22(28)26(23(25)29)15-5-4-6-16(12-15)31-2/h4-8,12-14,19H,9-11H2,1-3H3,(H,24,27)/t14-,19-/m0/s1. The van der Waals surface area contributed by atoms with Crippen molar-refractivity contribution in [2.75, 3.05) is 31.1 Å². The largest absolute Gasteiger partial charge is 0.496 e. The second-order valence-corrected chi connectivity index (χ2v) is 9.39. The van der Waals surface area contributed by atoms with E-state index in [2.05, 4.69) is 5.32 Å². The van der Waals surface area contributed by atoms with Gasteiger partial charge in [0.1, 0.15) is 11.8 Å². The number of imide groups is 1. The smallest absolute Gasteiger partial charge is 0.332 e. The molecular weight excluding hydrogens is 446 g/mol. The molecule has 0 bridgehead atoms. The number of carbonyl (C=O) groups excluding carboxylic acids is 3. The molecule has 32 heavy (non-hydrogen) atoms. The zero-order chi connectivity index (χ0) is 22.8. The van der Waals surface area contributed by atoms with E-state index in [-0.39, 0.29) is 23.9 Å². The number of hydrogen-bond donors (Lipinski definition) is 1. The van der Waals surface area contributed by atoms with E-state index in [1.807, 2.05) is 42.8 Å². The van der Waals surface area contributed by atoms with Gasteiger partial charge in [0.25, 0.3) is 11.8 Å². The summed E-state index contributed by atoms with van der Waals surface area (Å²) >= 11 is 3.13. The molecule has 0 aromatic heterocycles. The molecule has 9 heteroatoms. The summed E-state index contributed by atoms with van der Waals surface area (Å²) in [6, 6.07) is 11.8. The fourth-order valence-electron chi connectivity index (χ4n) is 4.17. The van der Waals surface area contributed by atoms with E-state index in [9.17, 15) is 14.4 Å². The molecule has 0 spiro atoms. The number of ether oxygens (including phenoxy) is 1. The summed E-state index contributed by atoms with van der Waals surface area (Å²) in [4.78, 5) is 43.9. The average Bonchev–Trinajstić information content (AvgIpc) is 3.07. The van der Waals surface area contributed by atoms with Crippen LogP contribution in [0.3, 0.4) is 0 Å². The molecule has 7 nitrogen and oxygen atoms in total. The Morgan fingerprint density at radius 2 is 1.84 bits per heavy atom. The van der Waals surface area contributed by atoms with Crippen molar-refractivity contribution in [1.82, 2.24) is 10.2 Å². The van der Waals surface area contributed by atoms with Crippen LogP contribution in [0.5, 0.6) is 5.75 Å². The fraction of sp³-hybridized carbons (Fsp3) is 0.348. The molecule has 2 atom stereocenters. The van der Waals surface area contributed by atoms with Gasteiger partial charge in [0, 0.05) is 22.4 Å².